The van der Waals surface area contributed by atoms with E-state index in [1.54, 1.807) is 12.1 Å². The van der Waals surface area contributed by atoms with Crippen LogP contribution in [0.15, 0.2) is 42.5 Å². The summed E-state index contributed by atoms with van der Waals surface area (Å²) in [6, 6.07) is 10.8. The fourth-order valence-electron chi connectivity index (χ4n) is 1.95. The van der Waals surface area contributed by atoms with Crippen LogP contribution < -0.4 is 10.6 Å². The van der Waals surface area contributed by atoms with Crippen molar-refractivity contribution in [3.63, 3.8) is 0 Å². The molecule has 2 rings (SSSR count). The lowest BCUT2D eigenvalue weighted by molar-refractivity contribution is -0.383. The Morgan fingerprint density at radius 3 is 2.65 bits per heavy atom. The fourth-order valence-corrected chi connectivity index (χ4v) is 1.95. The van der Waals surface area contributed by atoms with Crippen LogP contribution in [-0.2, 0) is 6.54 Å². The SMILES string of the molecule is CN(Cc1cccc(F)c1)c1ccc([N+](=O)[O-])c(N)c1. The molecular weight excluding hydrogens is 261 g/mol. The number of nitrogens with zero attached hydrogens (tertiary/aromatic N) is 2. The Morgan fingerprint density at radius 2 is 2.05 bits per heavy atom. The highest BCUT2D eigenvalue weighted by Gasteiger charge is 2.13. The molecule has 2 N–H and O–H groups in total. The molecule has 0 aliphatic carbocycles. The molecule has 0 amide bonds. The summed E-state index contributed by atoms with van der Waals surface area (Å²) in [6.07, 6.45) is 0. The maximum absolute atomic E-state index is 13.1. The van der Waals surface area contributed by atoms with Crippen molar-refractivity contribution in [1.82, 2.24) is 0 Å². The first-order valence-corrected chi connectivity index (χ1v) is 5.97. The number of anilines is 2. The molecule has 0 radical (unpaired) electrons. The highest BCUT2D eigenvalue weighted by molar-refractivity contribution is 5.66. The van der Waals surface area contributed by atoms with Crippen molar-refractivity contribution in [2.45, 2.75) is 6.54 Å². The van der Waals surface area contributed by atoms with E-state index in [1.165, 1.54) is 24.3 Å². The summed E-state index contributed by atoms with van der Waals surface area (Å²) in [5.74, 6) is -0.292. The summed E-state index contributed by atoms with van der Waals surface area (Å²) in [4.78, 5) is 12.0. The van der Waals surface area contributed by atoms with Gasteiger partial charge in [-0.2, -0.15) is 0 Å². The first-order valence-electron chi connectivity index (χ1n) is 5.97. The van der Waals surface area contributed by atoms with Crippen molar-refractivity contribution >= 4 is 17.1 Å². The number of nitrogens with two attached hydrogens (primary N) is 1. The fraction of sp³-hybridized carbons (Fsp3) is 0.143. The third kappa shape index (κ3) is 3.03. The predicted octanol–water partition coefficient (Wildman–Crippen LogP) is 2.95. The van der Waals surface area contributed by atoms with Gasteiger partial charge in [0.25, 0.3) is 5.69 Å². The zero-order valence-corrected chi connectivity index (χ0v) is 10.9. The lowest BCUT2D eigenvalue weighted by Crippen LogP contribution is -2.16. The Balaban J connectivity index is 2.19. The Bertz CT molecular complexity index is 646. The van der Waals surface area contributed by atoms with Crippen LogP contribution in [0.5, 0.6) is 0 Å². The van der Waals surface area contributed by atoms with Gasteiger partial charge in [-0.3, -0.25) is 10.1 Å². The Hall–Kier alpha value is -2.63. The van der Waals surface area contributed by atoms with Crippen LogP contribution in [0.1, 0.15) is 5.56 Å². The standard InChI is InChI=1S/C14H14FN3O2/c1-17(9-10-3-2-4-11(15)7-10)12-5-6-14(18(19)20)13(16)8-12/h2-8H,9,16H2,1H3. The quantitative estimate of drug-likeness (QED) is 0.529. The maximum atomic E-state index is 13.1. The molecule has 0 fully saturated rings. The van der Waals surface area contributed by atoms with Crippen LogP contribution in [0, 0.1) is 15.9 Å². The topological polar surface area (TPSA) is 72.4 Å². The summed E-state index contributed by atoms with van der Waals surface area (Å²) in [6.45, 7) is 0.481. The third-order valence-corrected chi connectivity index (χ3v) is 2.96. The summed E-state index contributed by atoms with van der Waals surface area (Å²) < 4.78 is 13.1. The Morgan fingerprint density at radius 1 is 1.30 bits per heavy atom. The number of hydrogen-bond acceptors (Lipinski definition) is 4. The minimum absolute atomic E-state index is 0.110. The number of benzene rings is 2. The largest absolute Gasteiger partial charge is 0.393 e. The zero-order valence-electron chi connectivity index (χ0n) is 10.9. The van der Waals surface area contributed by atoms with E-state index in [0.29, 0.717) is 6.54 Å². The minimum atomic E-state index is -0.522. The van der Waals surface area contributed by atoms with Crippen molar-refractivity contribution in [2.24, 2.45) is 0 Å². The molecular formula is C14H14FN3O2. The zero-order chi connectivity index (χ0) is 14.7. The molecule has 0 aromatic heterocycles. The highest BCUT2D eigenvalue weighted by Crippen LogP contribution is 2.27. The molecule has 0 atom stereocenters. The van der Waals surface area contributed by atoms with Gasteiger partial charge in [-0.05, 0) is 29.8 Å². The Labute approximate surface area is 115 Å². The van der Waals surface area contributed by atoms with Crippen molar-refractivity contribution < 1.29 is 9.31 Å². The van der Waals surface area contributed by atoms with E-state index in [4.69, 9.17) is 5.73 Å². The maximum Gasteiger partial charge on any atom is 0.292 e. The van der Waals surface area contributed by atoms with Crippen molar-refractivity contribution in [2.75, 3.05) is 17.7 Å². The van der Waals surface area contributed by atoms with Gasteiger partial charge in [-0.1, -0.05) is 12.1 Å². The molecule has 0 saturated heterocycles. The van der Waals surface area contributed by atoms with E-state index in [9.17, 15) is 14.5 Å². The molecule has 0 saturated carbocycles. The number of nitrogen functional groups attached to an aromatic ring is 1. The van der Waals surface area contributed by atoms with E-state index < -0.39 is 4.92 Å². The van der Waals surface area contributed by atoms with Crippen LogP contribution in [-0.4, -0.2) is 12.0 Å². The molecule has 5 nitrogen and oxygen atoms in total. The molecule has 0 bridgehead atoms. The van der Waals surface area contributed by atoms with Crippen LogP contribution in [0.25, 0.3) is 0 Å². The van der Waals surface area contributed by atoms with Crippen molar-refractivity contribution in [3.8, 4) is 0 Å². The molecule has 0 aliphatic heterocycles. The van der Waals surface area contributed by atoms with Gasteiger partial charge in [0, 0.05) is 25.3 Å². The molecule has 0 spiro atoms. The molecule has 20 heavy (non-hydrogen) atoms. The molecule has 0 heterocycles. The smallest absolute Gasteiger partial charge is 0.292 e. The summed E-state index contributed by atoms with van der Waals surface area (Å²) in [5.41, 5.74) is 7.18. The van der Waals surface area contributed by atoms with E-state index in [-0.39, 0.29) is 17.2 Å². The molecule has 2 aromatic rings. The lowest BCUT2D eigenvalue weighted by atomic mass is 10.2. The second-order valence-electron chi connectivity index (χ2n) is 4.49. The number of halogens is 1. The number of rotatable bonds is 4. The molecule has 2 aromatic carbocycles. The average Bonchev–Trinajstić information content (AvgIpc) is 2.38. The van der Waals surface area contributed by atoms with Crippen molar-refractivity contribution in [3.05, 3.63) is 64.0 Å². The number of hydrogen-bond donors (Lipinski definition) is 1. The van der Waals surface area contributed by atoms with Gasteiger partial charge in [0.05, 0.1) is 4.92 Å². The van der Waals surface area contributed by atoms with Crippen LogP contribution in [0.4, 0.5) is 21.5 Å². The van der Waals surface area contributed by atoms with E-state index in [1.807, 2.05) is 18.0 Å². The van der Waals surface area contributed by atoms with Crippen LogP contribution >= 0.6 is 0 Å². The first kappa shape index (κ1) is 13.8. The normalized spacial score (nSPS) is 10.3. The van der Waals surface area contributed by atoms with E-state index >= 15 is 0 Å². The van der Waals surface area contributed by atoms with E-state index in [0.717, 1.165) is 11.3 Å². The van der Waals surface area contributed by atoms with Gasteiger partial charge in [-0.25, -0.2) is 4.39 Å². The second kappa shape index (κ2) is 5.56. The molecule has 0 aliphatic rings. The van der Waals surface area contributed by atoms with Crippen LogP contribution in [0.3, 0.4) is 0 Å². The van der Waals surface area contributed by atoms with Crippen molar-refractivity contribution in [1.29, 1.82) is 0 Å². The van der Waals surface area contributed by atoms with Gasteiger partial charge in [0.2, 0.25) is 0 Å². The number of nitro benzene ring substituents is 1. The highest BCUT2D eigenvalue weighted by atomic mass is 19.1. The van der Waals surface area contributed by atoms with Gasteiger partial charge >= 0.3 is 0 Å². The van der Waals surface area contributed by atoms with Gasteiger partial charge in [0.15, 0.2) is 0 Å². The first-order chi connectivity index (χ1) is 9.47. The van der Waals surface area contributed by atoms with E-state index in [2.05, 4.69) is 0 Å². The predicted molar refractivity (Wildman–Crippen MR) is 76.0 cm³/mol. The molecule has 6 heteroatoms. The molecule has 104 valence electrons. The molecule has 0 unspecified atom stereocenters. The summed E-state index contributed by atoms with van der Waals surface area (Å²) in [5, 5.41) is 10.7. The average molecular weight is 275 g/mol. The third-order valence-electron chi connectivity index (χ3n) is 2.96. The van der Waals surface area contributed by atoms with Gasteiger partial charge in [-0.15, -0.1) is 0 Å². The van der Waals surface area contributed by atoms with Crippen LogP contribution in [0.2, 0.25) is 0 Å². The van der Waals surface area contributed by atoms with Gasteiger partial charge in [0.1, 0.15) is 11.5 Å². The lowest BCUT2D eigenvalue weighted by Gasteiger charge is -2.19. The summed E-state index contributed by atoms with van der Waals surface area (Å²) in [7, 11) is 1.81. The second-order valence-corrected chi connectivity index (χ2v) is 4.49. The Kier molecular flexibility index (Phi) is 3.84. The monoisotopic (exact) mass is 275 g/mol. The summed E-state index contributed by atoms with van der Waals surface area (Å²) >= 11 is 0. The minimum Gasteiger partial charge on any atom is -0.393 e. The van der Waals surface area contributed by atoms with Gasteiger partial charge < -0.3 is 10.6 Å². The number of nitro groups is 1.